The number of amides is 2. The Morgan fingerprint density at radius 2 is 1.85 bits per heavy atom. The quantitative estimate of drug-likeness (QED) is 0.551. The van der Waals surface area contributed by atoms with Gasteiger partial charge in [-0.15, -0.1) is 0 Å². The third-order valence-corrected chi connectivity index (χ3v) is 4.21. The van der Waals surface area contributed by atoms with Gasteiger partial charge in [-0.3, -0.25) is 9.59 Å². The van der Waals surface area contributed by atoms with Crippen LogP contribution >= 0.6 is 22.6 Å². The van der Waals surface area contributed by atoms with Gasteiger partial charge < -0.3 is 19.8 Å². The van der Waals surface area contributed by atoms with Gasteiger partial charge in [0.25, 0.3) is 11.8 Å². The number of methoxy groups -OCH3 is 1. The Balaban J connectivity index is 1.81. The lowest BCUT2D eigenvalue weighted by Crippen LogP contribution is -2.14. The highest BCUT2D eigenvalue weighted by molar-refractivity contribution is 14.1. The van der Waals surface area contributed by atoms with Crippen LogP contribution in [-0.4, -0.2) is 18.9 Å². The van der Waals surface area contributed by atoms with E-state index in [1.807, 2.05) is 12.1 Å². The maximum atomic E-state index is 12.5. The zero-order chi connectivity index (χ0) is 18.5. The van der Waals surface area contributed by atoms with E-state index < -0.39 is 0 Å². The monoisotopic (exact) mass is 462 g/mol. The summed E-state index contributed by atoms with van der Waals surface area (Å²) >= 11 is 2.15. The summed E-state index contributed by atoms with van der Waals surface area (Å²) in [6, 6.07) is 15.4. The summed E-state index contributed by atoms with van der Waals surface area (Å²) < 4.78 is 11.3. The Bertz CT molecular complexity index is 938. The van der Waals surface area contributed by atoms with Crippen LogP contribution in [0.15, 0.2) is 65.3 Å². The third-order valence-electron chi connectivity index (χ3n) is 3.54. The number of benzene rings is 2. The molecule has 0 saturated carbocycles. The van der Waals surface area contributed by atoms with E-state index in [0.717, 1.165) is 3.57 Å². The normalized spacial score (nSPS) is 10.2. The lowest BCUT2D eigenvalue weighted by atomic mass is 10.2. The molecule has 0 atom stereocenters. The number of ether oxygens (including phenoxy) is 1. The molecule has 0 fully saturated rings. The Morgan fingerprint density at radius 3 is 2.54 bits per heavy atom. The maximum absolute atomic E-state index is 12.5. The van der Waals surface area contributed by atoms with Crippen molar-refractivity contribution < 1.29 is 18.7 Å². The first kappa shape index (κ1) is 18.0. The van der Waals surface area contributed by atoms with Crippen LogP contribution in [0.5, 0.6) is 5.75 Å². The lowest BCUT2D eigenvalue weighted by molar-refractivity contribution is 0.0995. The first-order chi connectivity index (χ1) is 12.6. The molecule has 0 saturated heterocycles. The number of halogens is 1. The number of anilines is 2. The minimum Gasteiger partial charge on any atom is -0.495 e. The Labute approximate surface area is 163 Å². The van der Waals surface area contributed by atoms with Crippen LogP contribution < -0.4 is 15.4 Å². The van der Waals surface area contributed by atoms with Crippen molar-refractivity contribution in [3.63, 3.8) is 0 Å². The number of carbonyl (C=O) groups is 2. The van der Waals surface area contributed by atoms with Crippen LogP contribution in [0.4, 0.5) is 11.4 Å². The molecule has 7 heteroatoms. The zero-order valence-electron chi connectivity index (χ0n) is 13.8. The molecule has 2 aromatic carbocycles. The van der Waals surface area contributed by atoms with E-state index >= 15 is 0 Å². The first-order valence-corrected chi connectivity index (χ1v) is 8.74. The van der Waals surface area contributed by atoms with Gasteiger partial charge in [0.2, 0.25) is 0 Å². The van der Waals surface area contributed by atoms with E-state index in [4.69, 9.17) is 9.15 Å². The Hall–Kier alpha value is -2.81. The SMILES string of the molecule is COc1ccc(NC(=O)c2ccco2)cc1NC(=O)c1cccc(I)c1. The molecule has 0 unspecified atom stereocenters. The molecule has 0 radical (unpaired) electrons. The molecule has 2 amide bonds. The van der Waals surface area contributed by atoms with E-state index in [-0.39, 0.29) is 17.6 Å². The van der Waals surface area contributed by atoms with Crippen molar-refractivity contribution in [3.8, 4) is 5.75 Å². The molecule has 3 aromatic rings. The second-order valence-electron chi connectivity index (χ2n) is 5.31. The molecule has 26 heavy (non-hydrogen) atoms. The summed E-state index contributed by atoms with van der Waals surface area (Å²) in [5, 5.41) is 5.53. The van der Waals surface area contributed by atoms with Crippen molar-refractivity contribution in [2.75, 3.05) is 17.7 Å². The van der Waals surface area contributed by atoms with Crippen LogP contribution in [0.1, 0.15) is 20.9 Å². The van der Waals surface area contributed by atoms with Crippen molar-refractivity contribution in [2.24, 2.45) is 0 Å². The Kier molecular flexibility index (Phi) is 5.57. The number of rotatable bonds is 5. The van der Waals surface area contributed by atoms with E-state index in [1.165, 1.54) is 13.4 Å². The average Bonchev–Trinajstić information content (AvgIpc) is 3.17. The molecular weight excluding hydrogens is 447 g/mol. The average molecular weight is 462 g/mol. The van der Waals surface area contributed by atoms with Gasteiger partial charge in [-0.1, -0.05) is 6.07 Å². The predicted molar refractivity (Wildman–Crippen MR) is 107 cm³/mol. The molecule has 3 rings (SSSR count). The highest BCUT2D eigenvalue weighted by Crippen LogP contribution is 2.28. The van der Waals surface area contributed by atoms with Crippen LogP contribution in [0, 0.1) is 3.57 Å². The Morgan fingerprint density at radius 1 is 1.00 bits per heavy atom. The van der Waals surface area contributed by atoms with Crippen molar-refractivity contribution in [1.82, 2.24) is 0 Å². The van der Waals surface area contributed by atoms with E-state index in [1.54, 1.807) is 42.5 Å². The summed E-state index contributed by atoms with van der Waals surface area (Å²) in [7, 11) is 1.51. The van der Waals surface area contributed by atoms with Crippen molar-refractivity contribution in [2.45, 2.75) is 0 Å². The molecule has 1 heterocycles. The third kappa shape index (κ3) is 4.23. The van der Waals surface area contributed by atoms with Crippen LogP contribution in [-0.2, 0) is 0 Å². The van der Waals surface area contributed by atoms with Gasteiger partial charge >= 0.3 is 0 Å². The molecule has 0 bridgehead atoms. The minimum atomic E-state index is -0.380. The molecule has 1 aromatic heterocycles. The summed E-state index contributed by atoms with van der Waals surface area (Å²) in [4.78, 5) is 24.6. The van der Waals surface area contributed by atoms with Gasteiger partial charge in [-0.25, -0.2) is 0 Å². The molecule has 0 spiro atoms. The number of furan rings is 1. The molecular formula is C19H15IN2O4. The van der Waals surface area contributed by atoms with Gasteiger partial charge in [0.15, 0.2) is 5.76 Å². The van der Waals surface area contributed by atoms with Crippen molar-refractivity contribution >= 4 is 45.8 Å². The van der Waals surface area contributed by atoms with Crippen LogP contribution in [0.25, 0.3) is 0 Å². The van der Waals surface area contributed by atoms with Gasteiger partial charge in [0.1, 0.15) is 5.75 Å². The fourth-order valence-electron chi connectivity index (χ4n) is 2.31. The highest BCUT2D eigenvalue weighted by Gasteiger charge is 2.13. The van der Waals surface area contributed by atoms with E-state index in [0.29, 0.717) is 22.7 Å². The van der Waals surface area contributed by atoms with Gasteiger partial charge in [-0.2, -0.15) is 0 Å². The molecule has 2 N–H and O–H groups in total. The standard InChI is InChI=1S/C19H15IN2O4/c1-25-16-8-7-14(21-19(24)17-6-3-9-26-17)11-15(16)22-18(23)12-4-2-5-13(20)10-12/h2-11H,1H3,(H,21,24)(H,22,23). The number of nitrogens with one attached hydrogen (secondary N) is 2. The molecule has 6 nitrogen and oxygen atoms in total. The van der Waals surface area contributed by atoms with E-state index in [2.05, 4.69) is 33.2 Å². The highest BCUT2D eigenvalue weighted by atomic mass is 127. The summed E-state index contributed by atoms with van der Waals surface area (Å²) in [5.74, 6) is 0.0385. The van der Waals surface area contributed by atoms with Crippen LogP contribution in [0.2, 0.25) is 0 Å². The summed E-state index contributed by atoms with van der Waals surface area (Å²) in [6.07, 6.45) is 1.43. The molecule has 0 aliphatic carbocycles. The zero-order valence-corrected chi connectivity index (χ0v) is 15.9. The molecule has 132 valence electrons. The fraction of sp³-hybridized carbons (Fsp3) is 0.0526. The number of hydrogen-bond donors (Lipinski definition) is 2. The molecule has 0 aliphatic rings. The number of hydrogen-bond acceptors (Lipinski definition) is 4. The lowest BCUT2D eigenvalue weighted by Gasteiger charge is -2.13. The van der Waals surface area contributed by atoms with Gasteiger partial charge in [0, 0.05) is 14.8 Å². The smallest absolute Gasteiger partial charge is 0.291 e. The van der Waals surface area contributed by atoms with Gasteiger partial charge in [0.05, 0.1) is 19.1 Å². The summed E-state index contributed by atoms with van der Waals surface area (Å²) in [5.41, 5.74) is 1.49. The number of carbonyl (C=O) groups excluding carboxylic acids is 2. The van der Waals surface area contributed by atoms with Crippen molar-refractivity contribution in [1.29, 1.82) is 0 Å². The second kappa shape index (κ2) is 8.05. The minimum absolute atomic E-state index is 0.199. The van der Waals surface area contributed by atoms with Gasteiger partial charge in [-0.05, 0) is 71.1 Å². The topological polar surface area (TPSA) is 80.6 Å². The van der Waals surface area contributed by atoms with Crippen LogP contribution in [0.3, 0.4) is 0 Å². The fourth-order valence-corrected chi connectivity index (χ4v) is 2.85. The second-order valence-corrected chi connectivity index (χ2v) is 6.56. The molecule has 0 aliphatic heterocycles. The maximum Gasteiger partial charge on any atom is 0.291 e. The summed E-state index contributed by atoms with van der Waals surface area (Å²) in [6.45, 7) is 0. The largest absolute Gasteiger partial charge is 0.495 e. The van der Waals surface area contributed by atoms with E-state index in [9.17, 15) is 9.59 Å². The van der Waals surface area contributed by atoms with Crippen molar-refractivity contribution in [3.05, 3.63) is 75.8 Å². The predicted octanol–water partition coefficient (Wildman–Crippen LogP) is 4.40. The first-order valence-electron chi connectivity index (χ1n) is 7.66.